The lowest BCUT2D eigenvalue weighted by Crippen LogP contribution is -2.19. The van der Waals surface area contributed by atoms with Crippen molar-refractivity contribution in [3.63, 3.8) is 0 Å². The van der Waals surface area contributed by atoms with Gasteiger partial charge in [-0.3, -0.25) is 9.52 Å². The van der Waals surface area contributed by atoms with Gasteiger partial charge in [-0.2, -0.15) is 0 Å². The van der Waals surface area contributed by atoms with Crippen LogP contribution in [0.25, 0.3) is 0 Å². The summed E-state index contributed by atoms with van der Waals surface area (Å²) < 4.78 is 25.4. The van der Waals surface area contributed by atoms with E-state index >= 15 is 0 Å². The summed E-state index contributed by atoms with van der Waals surface area (Å²) in [5.74, 6) is -0.393. The molecular weight excluding hydrogens is 353 g/mol. The van der Waals surface area contributed by atoms with E-state index in [1.54, 1.807) is 18.2 Å². The zero-order valence-electron chi connectivity index (χ0n) is 11.2. The number of aromatic nitrogens is 3. The molecule has 11 heteroatoms. The summed E-state index contributed by atoms with van der Waals surface area (Å²) in [7, 11) is -3.45. The molecule has 0 unspecified atom stereocenters. The molecule has 118 valence electrons. The molecule has 0 aliphatic carbocycles. The van der Waals surface area contributed by atoms with Gasteiger partial charge in [0.05, 0.1) is 28.2 Å². The van der Waals surface area contributed by atoms with Crippen molar-refractivity contribution < 1.29 is 13.2 Å². The molecule has 2 N–H and O–H groups in total. The van der Waals surface area contributed by atoms with E-state index in [4.69, 9.17) is 23.2 Å². The molecule has 1 aromatic carbocycles. The highest BCUT2D eigenvalue weighted by Crippen LogP contribution is 2.29. The minimum Gasteiger partial charge on any atom is -0.323 e. The molecule has 2 aromatic rings. The van der Waals surface area contributed by atoms with Gasteiger partial charge in [0.1, 0.15) is 6.54 Å². The highest BCUT2D eigenvalue weighted by Gasteiger charge is 2.11. The average molecular weight is 364 g/mol. The smallest absolute Gasteiger partial charge is 0.246 e. The molecule has 0 saturated carbocycles. The van der Waals surface area contributed by atoms with Gasteiger partial charge < -0.3 is 5.32 Å². The van der Waals surface area contributed by atoms with Crippen LogP contribution >= 0.6 is 23.2 Å². The Balaban J connectivity index is 2.02. The minimum absolute atomic E-state index is 0.0242. The van der Waals surface area contributed by atoms with E-state index in [0.29, 0.717) is 10.7 Å². The van der Waals surface area contributed by atoms with Crippen LogP contribution in [0.1, 0.15) is 0 Å². The Morgan fingerprint density at radius 3 is 2.77 bits per heavy atom. The number of halogens is 2. The Hall–Kier alpha value is -1.84. The highest BCUT2D eigenvalue weighted by atomic mass is 35.5. The molecule has 0 aliphatic heterocycles. The first kappa shape index (κ1) is 16.5. The number of sulfonamides is 1. The molecule has 0 radical (unpaired) electrons. The quantitative estimate of drug-likeness (QED) is 0.838. The van der Waals surface area contributed by atoms with Crippen LogP contribution in [0.4, 0.5) is 11.5 Å². The third-order valence-corrected chi connectivity index (χ3v) is 3.76. The van der Waals surface area contributed by atoms with Gasteiger partial charge in [0, 0.05) is 0 Å². The van der Waals surface area contributed by atoms with E-state index in [-0.39, 0.29) is 17.4 Å². The molecule has 0 atom stereocenters. The highest BCUT2D eigenvalue weighted by molar-refractivity contribution is 7.92. The molecule has 8 nitrogen and oxygen atoms in total. The third-order valence-electron chi connectivity index (χ3n) is 2.36. The molecule has 2 rings (SSSR count). The lowest BCUT2D eigenvalue weighted by molar-refractivity contribution is -0.116. The lowest BCUT2D eigenvalue weighted by atomic mass is 10.3. The minimum atomic E-state index is -3.45. The summed E-state index contributed by atoms with van der Waals surface area (Å²) in [4.78, 5) is 11.9. The zero-order valence-corrected chi connectivity index (χ0v) is 13.6. The van der Waals surface area contributed by atoms with E-state index < -0.39 is 15.9 Å². The summed E-state index contributed by atoms with van der Waals surface area (Å²) in [6, 6.07) is 4.84. The van der Waals surface area contributed by atoms with Crippen molar-refractivity contribution in [3.8, 4) is 0 Å². The maximum atomic E-state index is 11.9. The standard InChI is InChI=1S/C11H11Cl2N5O3S/c1-22(20,21)16-9-5-18(17-15-9)6-10(19)14-8-4-2-3-7(12)11(8)13/h2-5,16H,6H2,1H3,(H,14,19). The maximum absolute atomic E-state index is 11.9. The number of nitrogens with one attached hydrogen (secondary N) is 2. The summed E-state index contributed by atoms with van der Waals surface area (Å²) >= 11 is 11.8. The zero-order chi connectivity index (χ0) is 16.3. The van der Waals surface area contributed by atoms with Crippen LogP contribution in [0.5, 0.6) is 0 Å². The molecule has 0 fully saturated rings. The third kappa shape index (κ3) is 4.58. The van der Waals surface area contributed by atoms with Crippen LogP contribution < -0.4 is 10.0 Å². The van der Waals surface area contributed by atoms with Crippen LogP contribution in [-0.2, 0) is 21.4 Å². The van der Waals surface area contributed by atoms with Crippen LogP contribution in [0.2, 0.25) is 10.0 Å². The largest absolute Gasteiger partial charge is 0.323 e. The van der Waals surface area contributed by atoms with E-state index in [1.807, 2.05) is 0 Å². The molecular formula is C11H11Cl2N5O3S. The summed E-state index contributed by atoms with van der Waals surface area (Å²) in [5.41, 5.74) is 0.369. The number of anilines is 2. The van der Waals surface area contributed by atoms with E-state index in [2.05, 4.69) is 20.4 Å². The van der Waals surface area contributed by atoms with Gasteiger partial charge >= 0.3 is 0 Å². The number of amides is 1. The van der Waals surface area contributed by atoms with Gasteiger partial charge in [-0.05, 0) is 12.1 Å². The number of hydrogen-bond donors (Lipinski definition) is 2. The molecule has 0 saturated heterocycles. The fourth-order valence-corrected chi connectivity index (χ4v) is 2.37. The SMILES string of the molecule is CS(=O)(=O)Nc1cn(CC(=O)Nc2cccc(Cl)c2Cl)nn1. The van der Waals surface area contributed by atoms with Crippen molar-refractivity contribution in [2.24, 2.45) is 0 Å². The van der Waals surface area contributed by atoms with Gasteiger partial charge in [0.15, 0.2) is 5.82 Å². The number of rotatable bonds is 5. The molecule has 1 heterocycles. The topological polar surface area (TPSA) is 106 Å². The molecule has 1 aromatic heterocycles. The first-order chi connectivity index (χ1) is 10.2. The lowest BCUT2D eigenvalue weighted by Gasteiger charge is -2.07. The first-order valence-electron chi connectivity index (χ1n) is 5.86. The Labute approximate surface area is 136 Å². The summed E-state index contributed by atoms with van der Waals surface area (Å²) in [5, 5.41) is 10.4. The number of nitrogens with zero attached hydrogens (tertiary/aromatic N) is 3. The molecule has 0 aliphatic rings. The number of hydrogen-bond acceptors (Lipinski definition) is 5. The second-order valence-corrected chi connectivity index (χ2v) is 6.86. The van der Waals surface area contributed by atoms with Crippen molar-refractivity contribution >= 4 is 50.6 Å². The Kier molecular flexibility index (Phi) is 4.89. The summed E-state index contributed by atoms with van der Waals surface area (Å²) in [6.07, 6.45) is 2.28. The summed E-state index contributed by atoms with van der Waals surface area (Å²) in [6.45, 7) is -0.165. The Morgan fingerprint density at radius 2 is 2.09 bits per heavy atom. The second-order valence-electron chi connectivity index (χ2n) is 4.33. The van der Waals surface area contributed by atoms with Crippen molar-refractivity contribution in [1.82, 2.24) is 15.0 Å². The van der Waals surface area contributed by atoms with Crippen molar-refractivity contribution in [1.29, 1.82) is 0 Å². The fraction of sp³-hybridized carbons (Fsp3) is 0.182. The number of benzene rings is 1. The van der Waals surface area contributed by atoms with Gasteiger partial charge in [0.2, 0.25) is 15.9 Å². The van der Waals surface area contributed by atoms with Crippen LogP contribution in [-0.4, -0.2) is 35.6 Å². The van der Waals surface area contributed by atoms with E-state index in [9.17, 15) is 13.2 Å². The molecule has 1 amide bonds. The van der Waals surface area contributed by atoms with E-state index in [1.165, 1.54) is 10.9 Å². The Bertz CT molecular complexity index is 806. The molecule has 22 heavy (non-hydrogen) atoms. The first-order valence-corrected chi connectivity index (χ1v) is 8.51. The monoisotopic (exact) mass is 363 g/mol. The van der Waals surface area contributed by atoms with Crippen LogP contribution in [0.3, 0.4) is 0 Å². The number of carbonyl (C=O) groups is 1. The van der Waals surface area contributed by atoms with Gasteiger partial charge in [0.25, 0.3) is 0 Å². The number of carbonyl (C=O) groups excluding carboxylic acids is 1. The van der Waals surface area contributed by atoms with Crippen LogP contribution in [0.15, 0.2) is 24.4 Å². The van der Waals surface area contributed by atoms with Gasteiger partial charge in [-0.1, -0.05) is 34.5 Å². The Morgan fingerprint density at radius 1 is 1.36 bits per heavy atom. The second kappa shape index (κ2) is 6.51. The van der Waals surface area contributed by atoms with Crippen molar-refractivity contribution in [3.05, 3.63) is 34.4 Å². The fourth-order valence-electron chi connectivity index (χ4n) is 1.55. The van der Waals surface area contributed by atoms with Crippen molar-refractivity contribution in [2.75, 3.05) is 16.3 Å². The van der Waals surface area contributed by atoms with E-state index in [0.717, 1.165) is 6.26 Å². The van der Waals surface area contributed by atoms with Crippen molar-refractivity contribution in [2.45, 2.75) is 6.54 Å². The van der Waals surface area contributed by atoms with Crippen LogP contribution in [0, 0.1) is 0 Å². The maximum Gasteiger partial charge on any atom is 0.246 e. The predicted molar refractivity (Wildman–Crippen MR) is 83.6 cm³/mol. The normalized spacial score (nSPS) is 11.2. The molecule has 0 spiro atoms. The van der Waals surface area contributed by atoms with Gasteiger partial charge in [-0.15, -0.1) is 5.10 Å². The van der Waals surface area contributed by atoms with Gasteiger partial charge in [-0.25, -0.2) is 13.1 Å². The average Bonchev–Trinajstić information content (AvgIpc) is 2.79. The predicted octanol–water partition coefficient (Wildman–Crippen LogP) is 1.60. The molecule has 0 bridgehead atoms.